The Labute approximate surface area is 197 Å². The monoisotopic (exact) mass is 463 g/mol. The summed E-state index contributed by atoms with van der Waals surface area (Å²) >= 11 is 0. The topological polar surface area (TPSA) is 93.1 Å². The van der Waals surface area contributed by atoms with Gasteiger partial charge in [-0.3, -0.25) is 14.4 Å². The molecule has 1 heterocycles. The van der Waals surface area contributed by atoms with E-state index in [9.17, 15) is 19.5 Å². The molecule has 3 saturated carbocycles. The van der Waals surface area contributed by atoms with Gasteiger partial charge in [-0.25, -0.2) is 0 Å². The molecule has 1 N–H and O–H groups in total. The van der Waals surface area contributed by atoms with Crippen LogP contribution < -0.4 is 0 Å². The second-order valence-electron chi connectivity index (χ2n) is 11.1. The zero-order valence-corrected chi connectivity index (χ0v) is 20.1. The second-order valence-corrected chi connectivity index (χ2v) is 11.1. The fourth-order valence-corrected chi connectivity index (χ4v) is 6.46. The first-order valence-corrected chi connectivity index (χ1v) is 13.3. The average Bonchev–Trinajstić information content (AvgIpc) is 3.12. The Morgan fingerprint density at radius 3 is 1.76 bits per heavy atom. The first-order chi connectivity index (χ1) is 15.9. The summed E-state index contributed by atoms with van der Waals surface area (Å²) in [5.74, 6) is -1.08. The van der Waals surface area contributed by atoms with Crippen LogP contribution in [-0.4, -0.2) is 52.8 Å². The van der Waals surface area contributed by atoms with Gasteiger partial charge in [-0.15, -0.1) is 0 Å². The van der Waals surface area contributed by atoms with Crippen molar-refractivity contribution in [1.29, 1.82) is 0 Å². The summed E-state index contributed by atoms with van der Waals surface area (Å²) in [6.45, 7) is 1.65. The van der Waals surface area contributed by atoms with E-state index in [-0.39, 0.29) is 54.7 Å². The minimum atomic E-state index is -1.08. The molecule has 1 saturated heterocycles. The number of aliphatic hydroxyl groups is 1. The maximum absolute atomic E-state index is 13.4. The van der Waals surface area contributed by atoms with Gasteiger partial charge in [0.25, 0.3) is 0 Å². The molecule has 7 heteroatoms. The quantitative estimate of drug-likeness (QED) is 0.575. The molecule has 186 valence electrons. The minimum Gasteiger partial charge on any atom is -0.463 e. The molecule has 0 aromatic heterocycles. The lowest BCUT2D eigenvalue weighted by Gasteiger charge is -2.41. The number of rotatable bonds is 7. The lowest BCUT2D eigenvalue weighted by atomic mass is 9.81. The van der Waals surface area contributed by atoms with E-state index in [0.29, 0.717) is 0 Å². The number of esters is 2. The Kier molecular flexibility index (Phi) is 7.98. The number of aliphatic hydroxyl groups excluding tert-OH is 1. The van der Waals surface area contributed by atoms with E-state index in [1.807, 2.05) is 0 Å². The minimum absolute atomic E-state index is 0.0669. The Morgan fingerprint density at radius 2 is 1.27 bits per heavy atom. The molecule has 4 rings (SSSR count). The van der Waals surface area contributed by atoms with Crippen LogP contribution in [0.1, 0.15) is 96.8 Å². The molecule has 3 atom stereocenters. The van der Waals surface area contributed by atoms with Crippen LogP contribution in [0.3, 0.4) is 0 Å². The van der Waals surface area contributed by atoms with E-state index < -0.39 is 11.8 Å². The Bertz CT molecular complexity index is 678. The van der Waals surface area contributed by atoms with Gasteiger partial charge in [0.2, 0.25) is 5.91 Å². The van der Waals surface area contributed by atoms with E-state index >= 15 is 0 Å². The lowest BCUT2D eigenvalue weighted by molar-refractivity contribution is -0.174. The molecule has 0 aromatic rings. The number of carbonyl (C=O) groups is 3. The Morgan fingerprint density at radius 1 is 0.818 bits per heavy atom. The summed E-state index contributed by atoms with van der Waals surface area (Å²) in [5.41, 5.74) is -1.08. The highest BCUT2D eigenvalue weighted by Gasteiger charge is 2.55. The van der Waals surface area contributed by atoms with Crippen molar-refractivity contribution in [3.8, 4) is 0 Å². The smallest absolute Gasteiger partial charge is 0.309 e. The molecule has 0 spiro atoms. The Hall–Kier alpha value is -1.63. The number of likely N-dealkylation sites (tertiary alicyclic amines) is 1. The number of hydrogen-bond donors (Lipinski definition) is 1. The summed E-state index contributed by atoms with van der Waals surface area (Å²) in [7, 11) is 0. The molecule has 4 aliphatic rings. The standard InChI is InChI=1S/C26H41NO6/c1-26(16-32-24(30)18-10-4-2-5-11-18,17-33-25(31)19-12-6-3-7-13-19)27-22(28)20-14-8-9-15-21(20)23(27)29/h18-22,28H,2-17H2,1H3. The van der Waals surface area contributed by atoms with Crippen LogP contribution in [0.2, 0.25) is 0 Å². The van der Waals surface area contributed by atoms with E-state index in [1.165, 1.54) is 4.90 Å². The molecule has 4 fully saturated rings. The van der Waals surface area contributed by atoms with Gasteiger partial charge in [0.1, 0.15) is 25.0 Å². The van der Waals surface area contributed by atoms with Crippen molar-refractivity contribution in [2.24, 2.45) is 23.7 Å². The number of hydrogen-bond acceptors (Lipinski definition) is 6. The SMILES string of the molecule is CC(COC(=O)C1CCCCC1)(COC(=O)C1CCCCC1)N1C(=O)C2CCCCC2C1O. The maximum Gasteiger partial charge on any atom is 0.309 e. The van der Waals surface area contributed by atoms with Crippen molar-refractivity contribution in [2.45, 2.75) is 109 Å². The van der Waals surface area contributed by atoms with E-state index in [0.717, 1.165) is 89.9 Å². The van der Waals surface area contributed by atoms with E-state index in [2.05, 4.69) is 0 Å². The molecule has 3 aliphatic carbocycles. The van der Waals surface area contributed by atoms with Crippen LogP contribution in [0.25, 0.3) is 0 Å². The molecule has 0 aromatic carbocycles. The van der Waals surface area contributed by atoms with Gasteiger partial charge in [-0.1, -0.05) is 51.4 Å². The Balaban J connectivity index is 1.47. The number of fused-ring (bicyclic) bond motifs is 1. The van der Waals surface area contributed by atoms with Crippen molar-refractivity contribution in [1.82, 2.24) is 4.90 Å². The van der Waals surface area contributed by atoms with Crippen LogP contribution in [0.4, 0.5) is 0 Å². The van der Waals surface area contributed by atoms with Gasteiger partial charge in [0, 0.05) is 11.8 Å². The molecule has 7 nitrogen and oxygen atoms in total. The normalized spacial score (nSPS) is 29.6. The predicted molar refractivity (Wildman–Crippen MR) is 122 cm³/mol. The highest BCUT2D eigenvalue weighted by molar-refractivity contribution is 5.83. The van der Waals surface area contributed by atoms with Crippen molar-refractivity contribution in [2.75, 3.05) is 13.2 Å². The number of nitrogens with zero attached hydrogens (tertiary/aromatic N) is 1. The number of amides is 1. The fraction of sp³-hybridized carbons (Fsp3) is 0.885. The van der Waals surface area contributed by atoms with Crippen LogP contribution in [-0.2, 0) is 23.9 Å². The van der Waals surface area contributed by atoms with Gasteiger partial charge < -0.3 is 19.5 Å². The highest BCUT2D eigenvalue weighted by Crippen LogP contribution is 2.43. The third-order valence-corrected chi connectivity index (χ3v) is 8.53. The van der Waals surface area contributed by atoms with E-state index in [1.54, 1.807) is 6.92 Å². The van der Waals surface area contributed by atoms with Crippen LogP contribution in [0, 0.1) is 23.7 Å². The van der Waals surface area contributed by atoms with Crippen LogP contribution >= 0.6 is 0 Å². The van der Waals surface area contributed by atoms with Gasteiger partial charge in [-0.05, 0) is 45.4 Å². The van der Waals surface area contributed by atoms with Crippen molar-refractivity contribution in [3.05, 3.63) is 0 Å². The number of carbonyl (C=O) groups excluding carboxylic acids is 3. The number of ether oxygens (including phenoxy) is 2. The summed E-state index contributed by atoms with van der Waals surface area (Å²) in [4.78, 5) is 40.4. The molecule has 0 bridgehead atoms. The molecule has 1 aliphatic heterocycles. The first kappa shape index (κ1) is 24.5. The zero-order chi connectivity index (χ0) is 23.4. The summed E-state index contributed by atoms with van der Waals surface area (Å²) in [5, 5.41) is 11.1. The molecule has 0 radical (unpaired) electrons. The van der Waals surface area contributed by atoms with Crippen LogP contribution in [0.15, 0.2) is 0 Å². The molecular formula is C26H41NO6. The summed E-state index contributed by atoms with van der Waals surface area (Å²) in [6.07, 6.45) is 12.4. The second kappa shape index (κ2) is 10.7. The van der Waals surface area contributed by atoms with Gasteiger partial charge in [-0.2, -0.15) is 0 Å². The van der Waals surface area contributed by atoms with Crippen LogP contribution in [0.5, 0.6) is 0 Å². The maximum atomic E-state index is 13.4. The van der Waals surface area contributed by atoms with Gasteiger partial charge in [0.05, 0.1) is 11.8 Å². The average molecular weight is 464 g/mol. The van der Waals surface area contributed by atoms with Crippen molar-refractivity contribution >= 4 is 17.8 Å². The third kappa shape index (κ3) is 5.39. The summed E-state index contributed by atoms with van der Waals surface area (Å²) < 4.78 is 11.5. The third-order valence-electron chi connectivity index (χ3n) is 8.53. The summed E-state index contributed by atoms with van der Waals surface area (Å²) in [6, 6.07) is 0. The largest absolute Gasteiger partial charge is 0.463 e. The fourth-order valence-electron chi connectivity index (χ4n) is 6.46. The first-order valence-electron chi connectivity index (χ1n) is 13.3. The highest BCUT2D eigenvalue weighted by atomic mass is 16.6. The zero-order valence-electron chi connectivity index (χ0n) is 20.1. The van der Waals surface area contributed by atoms with E-state index in [4.69, 9.17) is 9.47 Å². The lowest BCUT2D eigenvalue weighted by Crippen LogP contribution is -2.58. The van der Waals surface area contributed by atoms with Gasteiger partial charge >= 0.3 is 11.9 Å². The molecule has 33 heavy (non-hydrogen) atoms. The molecule has 3 unspecified atom stereocenters. The van der Waals surface area contributed by atoms with Crippen molar-refractivity contribution in [3.63, 3.8) is 0 Å². The predicted octanol–water partition coefficient (Wildman–Crippen LogP) is 3.96. The van der Waals surface area contributed by atoms with Crippen molar-refractivity contribution < 1.29 is 29.0 Å². The molecule has 1 amide bonds. The molecular weight excluding hydrogens is 422 g/mol. The van der Waals surface area contributed by atoms with Gasteiger partial charge in [0.15, 0.2) is 0 Å².